The lowest BCUT2D eigenvalue weighted by atomic mass is 9.78. The van der Waals surface area contributed by atoms with Crippen LogP contribution in [0.1, 0.15) is 81.7 Å². The van der Waals surface area contributed by atoms with Crippen LogP contribution in [0.3, 0.4) is 0 Å². The minimum Gasteiger partial charge on any atom is -0.507 e. The quantitative estimate of drug-likeness (QED) is 0.190. The van der Waals surface area contributed by atoms with E-state index in [4.69, 9.17) is 17.0 Å². The number of H-pyrrole nitrogens is 1. The fourth-order valence-corrected chi connectivity index (χ4v) is 6.69. The number of phenolic OH excluding ortho intramolecular Hbond substituents is 1. The van der Waals surface area contributed by atoms with Crippen LogP contribution in [0.15, 0.2) is 36.4 Å². The summed E-state index contributed by atoms with van der Waals surface area (Å²) in [6.45, 7) is 18.5. The summed E-state index contributed by atoms with van der Waals surface area (Å²) in [6, 6.07) is 12.5. The molecule has 0 aliphatic carbocycles. The monoisotopic (exact) mass is 562 g/mol. The molecule has 2 radical (unpaired) electrons. The molecule has 0 saturated carbocycles. The largest absolute Gasteiger partial charge is 0.507 e. The van der Waals surface area contributed by atoms with Crippen LogP contribution >= 0.6 is 22.7 Å². The molecule has 3 heterocycles. The summed E-state index contributed by atoms with van der Waals surface area (Å²) in [6.07, 6.45) is 2.93. The van der Waals surface area contributed by atoms with Crippen molar-refractivity contribution in [1.82, 2.24) is 9.97 Å². The predicted octanol–water partition coefficient (Wildman–Crippen LogP) is 8.89. The van der Waals surface area contributed by atoms with Gasteiger partial charge in [0.15, 0.2) is 0 Å². The maximum absolute atomic E-state index is 11.2. The number of aryl methyl sites for hydroxylation is 2. The third-order valence-corrected chi connectivity index (χ3v) is 9.03. The molecule has 0 bridgehead atoms. The zero-order valence-electron chi connectivity index (χ0n) is 23.6. The van der Waals surface area contributed by atoms with Crippen LogP contribution in [-0.4, -0.2) is 26.2 Å². The number of carboxylic acids is 1. The maximum atomic E-state index is 11.2. The van der Waals surface area contributed by atoms with Gasteiger partial charge >= 0.3 is 5.97 Å². The zero-order valence-corrected chi connectivity index (χ0v) is 25.3. The first-order valence-electron chi connectivity index (χ1n) is 13.4. The molecule has 0 unspecified atom stereocenters. The highest BCUT2D eigenvalue weighted by Gasteiger charge is 2.28. The highest BCUT2D eigenvalue weighted by molar-refractivity contribution is 7.16. The summed E-state index contributed by atoms with van der Waals surface area (Å²) in [5.41, 5.74) is 4.06. The number of carboxylic acid groups (broad SMARTS) is 1. The van der Waals surface area contributed by atoms with Gasteiger partial charge in [-0.15, -0.1) is 22.7 Å². The Kier molecular flexibility index (Phi) is 8.43. The molecule has 4 rings (SSSR count). The van der Waals surface area contributed by atoms with Gasteiger partial charge in [-0.05, 0) is 79.8 Å². The average molecular weight is 563 g/mol. The summed E-state index contributed by atoms with van der Waals surface area (Å²) in [5, 5.41) is 20.2. The number of hydrogen-bond acceptors (Lipinski definition) is 5. The minimum absolute atomic E-state index is 0.166. The van der Waals surface area contributed by atoms with Crippen LogP contribution in [0.25, 0.3) is 32.5 Å². The Morgan fingerprint density at radius 2 is 1.49 bits per heavy atom. The summed E-state index contributed by atoms with van der Waals surface area (Å²) >= 11 is 3.38. The Labute approximate surface area is 240 Å². The maximum Gasteiger partial charge on any atom is 0.303 e. The third kappa shape index (κ3) is 6.64. The molecule has 3 N–H and O–H groups in total. The predicted molar refractivity (Wildman–Crippen MR) is 163 cm³/mol. The molecular weight excluding hydrogens is 524 g/mol. The van der Waals surface area contributed by atoms with Crippen LogP contribution < -0.4 is 0 Å². The van der Waals surface area contributed by atoms with Crippen LogP contribution in [0.4, 0.5) is 0 Å². The molecule has 0 spiro atoms. The Morgan fingerprint density at radius 1 is 0.923 bits per heavy atom. The van der Waals surface area contributed by atoms with Gasteiger partial charge in [-0.25, -0.2) is 4.98 Å². The average Bonchev–Trinajstić information content (AvgIpc) is 3.57. The summed E-state index contributed by atoms with van der Waals surface area (Å²) in [7, 11) is 0. The van der Waals surface area contributed by atoms with Gasteiger partial charge in [0.05, 0.1) is 15.4 Å². The number of nitrogens with one attached hydrogen (secondary N) is 1. The number of aromatic hydroxyl groups is 1. The van der Waals surface area contributed by atoms with Crippen molar-refractivity contribution in [3.05, 3.63) is 64.2 Å². The fourth-order valence-electron chi connectivity index (χ4n) is 4.62. The topological polar surface area (TPSA) is 86.2 Å². The molecule has 0 saturated heterocycles. The SMILES string of the molecule is [CH]CCc1ccc(-c2nc(-c3cc(C(C)(C)C)c(O)c(C(C)(C)C)c3)[nH]c2-c2ccc(CCCC(=O)O)s2)s1. The van der Waals surface area contributed by atoms with E-state index >= 15 is 0 Å². The first-order valence-corrected chi connectivity index (χ1v) is 15.0. The van der Waals surface area contributed by atoms with E-state index in [2.05, 4.69) is 82.9 Å². The van der Waals surface area contributed by atoms with Crippen molar-refractivity contribution in [2.75, 3.05) is 0 Å². The van der Waals surface area contributed by atoms with E-state index in [0.29, 0.717) is 18.6 Å². The van der Waals surface area contributed by atoms with Crippen molar-refractivity contribution in [3.63, 3.8) is 0 Å². The van der Waals surface area contributed by atoms with Gasteiger partial charge in [0, 0.05) is 32.9 Å². The number of aromatic nitrogens is 2. The Morgan fingerprint density at radius 3 is 2.05 bits per heavy atom. The zero-order chi connectivity index (χ0) is 28.5. The summed E-state index contributed by atoms with van der Waals surface area (Å²) < 4.78 is 0. The number of benzene rings is 1. The van der Waals surface area contributed by atoms with Crippen LogP contribution in [0.5, 0.6) is 5.75 Å². The van der Waals surface area contributed by atoms with Crippen molar-refractivity contribution in [2.45, 2.75) is 84.5 Å². The second-order valence-electron chi connectivity index (χ2n) is 12.0. The Balaban J connectivity index is 1.85. The molecule has 3 aromatic heterocycles. The molecule has 39 heavy (non-hydrogen) atoms. The highest BCUT2D eigenvalue weighted by atomic mass is 32.1. The molecule has 7 heteroatoms. The standard InChI is InChI=1S/C32H38N2O3S2/c1-8-10-20-13-15-24(38-20)27-28(25-16-14-21(39-25)11-9-12-26(35)36)34-30(33-27)19-17-22(31(2,3)4)29(37)23(18-19)32(5,6)7/h1,13-18,37H,8-12H2,2-7H3,(H,33,34)(H,35,36). The Bertz CT molecular complexity index is 1430. The van der Waals surface area contributed by atoms with Gasteiger partial charge in [-0.2, -0.15) is 0 Å². The van der Waals surface area contributed by atoms with Gasteiger partial charge in [0.1, 0.15) is 17.3 Å². The lowest BCUT2D eigenvalue weighted by Crippen LogP contribution is -2.17. The van der Waals surface area contributed by atoms with Gasteiger partial charge in [0.2, 0.25) is 0 Å². The molecule has 206 valence electrons. The van der Waals surface area contributed by atoms with E-state index in [1.807, 2.05) is 0 Å². The van der Waals surface area contributed by atoms with Gasteiger partial charge in [-0.1, -0.05) is 41.5 Å². The Hall–Kier alpha value is -2.90. The lowest BCUT2D eigenvalue weighted by Gasteiger charge is -2.28. The number of phenols is 1. The number of rotatable bonds is 9. The third-order valence-electron chi connectivity index (χ3n) is 6.71. The van der Waals surface area contributed by atoms with Crippen molar-refractivity contribution >= 4 is 28.6 Å². The highest BCUT2D eigenvalue weighted by Crippen LogP contribution is 2.44. The molecule has 5 nitrogen and oxygen atoms in total. The van der Waals surface area contributed by atoms with E-state index in [9.17, 15) is 9.90 Å². The molecule has 0 aliphatic heterocycles. The van der Waals surface area contributed by atoms with Gasteiger partial charge in [0.25, 0.3) is 0 Å². The molecule has 0 aliphatic rings. The van der Waals surface area contributed by atoms with Crippen LogP contribution in [-0.2, 0) is 28.5 Å². The van der Waals surface area contributed by atoms with Crippen molar-refractivity contribution < 1.29 is 15.0 Å². The van der Waals surface area contributed by atoms with Crippen molar-refractivity contribution in [1.29, 1.82) is 0 Å². The molecule has 0 amide bonds. The van der Waals surface area contributed by atoms with E-state index < -0.39 is 5.97 Å². The number of hydrogen-bond donors (Lipinski definition) is 3. The molecule has 0 fully saturated rings. The molecular formula is C32H38N2O3S2. The second-order valence-corrected chi connectivity index (χ2v) is 14.4. The number of aliphatic carboxylic acids is 1. The van der Waals surface area contributed by atoms with E-state index in [1.165, 1.54) is 4.88 Å². The molecule has 0 atom stereocenters. The smallest absolute Gasteiger partial charge is 0.303 e. The molecule has 4 aromatic rings. The minimum atomic E-state index is -0.767. The second kappa shape index (κ2) is 11.3. The van der Waals surface area contributed by atoms with Gasteiger partial charge in [-0.3, -0.25) is 4.79 Å². The van der Waals surface area contributed by atoms with Crippen LogP contribution in [0, 0.1) is 6.92 Å². The van der Waals surface area contributed by atoms with E-state index in [-0.39, 0.29) is 17.3 Å². The summed E-state index contributed by atoms with van der Waals surface area (Å²) in [5.74, 6) is 0.335. The van der Waals surface area contributed by atoms with E-state index in [1.54, 1.807) is 22.7 Å². The number of imidazole rings is 1. The first-order chi connectivity index (χ1) is 18.3. The number of nitrogens with zero attached hydrogens (tertiary/aromatic N) is 1. The van der Waals surface area contributed by atoms with Gasteiger partial charge < -0.3 is 15.2 Å². The van der Waals surface area contributed by atoms with Crippen molar-refractivity contribution in [2.24, 2.45) is 0 Å². The fraction of sp³-hybridized carbons (Fsp3) is 0.406. The van der Waals surface area contributed by atoms with Crippen LogP contribution in [0.2, 0.25) is 0 Å². The van der Waals surface area contributed by atoms with E-state index in [0.717, 1.165) is 61.4 Å². The normalized spacial score (nSPS) is 12.3. The van der Waals surface area contributed by atoms with Crippen molar-refractivity contribution in [3.8, 4) is 38.3 Å². The lowest BCUT2D eigenvalue weighted by molar-refractivity contribution is -0.137. The number of carbonyl (C=O) groups is 1. The number of aromatic amines is 1. The molecule has 1 aromatic carbocycles. The first kappa shape index (κ1) is 29.1. The summed E-state index contributed by atoms with van der Waals surface area (Å²) in [4.78, 5) is 24.2. The number of thiophene rings is 2.